The van der Waals surface area contributed by atoms with Gasteiger partial charge in [-0.1, -0.05) is 48.3 Å². The Bertz CT molecular complexity index is 601. The summed E-state index contributed by atoms with van der Waals surface area (Å²) in [5.74, 6) is 0.864. The Kier molecular flexibility index (Phi) is 5.92. The Morgan fingerprint density at radius 2 is 1.90 bits per heavy atom. The summed E-state index contributed by atoms with van der Waals surface area (Å²) in [5, 5.41) is 4.76. The molecule has 0 spiro atoms. The first kappa shape index (κ1) is 16.2. The molecule has 0 saturated carbocycles. The van der Waals surface area contributed by atoms with Crippen LogP contribution in [-0.4, -0.2) is 13.2 Å². The average molecular weight is 324 g/mol. The molecular formula is C17H19Cl2NO. The van der Waals surface area contributed by atoms with Crippen LogP contribution in [0.15, 0.2) is 42.5 Å². The SMILES string of the molecule is CCNC(c1cccc(OCC)c1)c1ccc(Cl)cc1Cl. The van der Waals surface area contributed by atoms with E-state index >= 15 is 0 Å². The highest BCUT2D eigenvalue weighted by molar-refractivity contribution is 6.35. The molecule has 21 heavy (non-hydrogen) atoms. The molecule has 112 valence electrons. The van der Waals surface area contributed by atoms with Crippen LogP contribution >= 0.6 is 23.2 Å². The largest absolute Gasteiger partial charge is 0.494 e. The van der Waals surface area contributed by atoms with E-state index in [-0.39, 0.29) is 6.04 Å². The quantitative estimate of drug-likeness (QED) is 0.799. The summed E-state index contributed by atoms with van der Waals surface area (Å²) in [5.41, 5.74) is 2.13. The number of halogens is 2. The molecule has 0 fully saturated rings. The highest BCUT2D eigenvalue weighted by Crippen LogP contribution is 2.31. The maximum Gasteiger partial charge on any atom is 0.119 e. The molecule has 2 rings (SSSR count). The number of nitrogens with one attached hydrogen (secondary N) is 1. The third-order valence-corrected chi connectivity index (χ3v) is 3.75. The highest BCUT2D eigenvalue weighted by Gasteiger charge is 2.16. The lowest BCUT2D eigenvalue weighted by molar-refractivity contribution is 0.339. The van der Waals surface area contributed by atoms with Gasteiger partial charge in [0.05, 0.1) is 12.6 Å². The van der Waals surface area contributed by atoms with Crippen molar-refractivity contribution >= 4 is 23.2 Å². The molecule has 0 heterocycles. The zero-order valence-electron chi connectivity index (χ0n) is 12.2. The van der Waals surface area contributed by atoms with Gasteiger partial charge in [0.2, 0.25) is 0 Å². The second kappa shape index (κ2) is 7.69. The summed E-state index contributed by atoms with van der Waals surface area (Å²) in [6, 6.07) is 13.7. The minimum Gasteiger partial charge on any atom is -0.494 e. The van der Waals surface area contributed by atoms with Crippen LogP contribution in [0.25, 0.3) is 0 Å². The maximum absolute atomic E-state index is 6.36. The molecule has 1 atom stereocenters. The van der Waals surface area contributed by atoms with Crippen LogP contribution in [0.5, 0.6) is 5.75 Å². The van der Waals surface area contributed by atoms with Gasteiger partial charge < -0.3 is 10.1 Å². The molecule has 0 saturated heterocycles. The van der Waals surface area contributed by atoms with E-state index in [0.29, 0.717) is 16.7 Å². The summed E-state index contributed by atoms with van der Waals surface area (Å²) in [7, 11) is 0. The van der Waals surface area contributed by atoms with Crippen molar-refractivity contribution in [3.05, 3.63) is 63.6 Å². The highest BCUT2D eigenvalue weighted by atomic mass is 35.5. The van der Waals surface area contributed by atoms with E-state index in [9.17, 15) is 0 Å². The summed E-state index contributed by atoms with van der Waals surface area (Å²) >= 11 is 12.3. The lowest BCUT2D eigenvalue weighted by Gasteiger charge is -2.21. The van der Waals surface area contributed by atoms with E-state index in [1.54, 1.807) is 6.07 Å². The zero-order chi connectivity index (χ0) is 15.2. The molecule has 0 aliphatic carbocycles. The Hall–Kier alpha value is -1.22. The first-order chi connectivity index (χ1) is 10.2. The number of hydrogen-bond donors (Lipinski definition) is 1. The second-order valence-electron chi connectivity index (χ2n) is 4.66. The predicted molar refractivity (Wildman–Crippen MR) is 89.6 cm³/mol. The van der Waals surface area contributed by atoms with Gasteiger partial charge in [-0.2, -0.15) is 0 Å². The van der Waals surface area contributed by atoms with Crippen LogP contribution in [0.4, 0.5) is 0 Å². The normalized spacial score (nSPS) is 12.2. The standard InChI is InChI=1S/C17H19Cl2NO/c1-3-20-17(15-9-8-13(18)11-16(15)19)12-6-5-7-14(10-12)21-4-2/h5-11,17,20H,3-4H2,1-2H3. The van der Waals surface area contributed by atoms with Gasteiger partial charge in [-0.3, -0.25) is 0 Å². The van der Waals surface area contributed by atoms with Crippen molar-refractivity contribution in [3.63, 3.8) is 0 Å². The van der Waals surface area contributed by atoms with Gasteiger partial charge in [-0.15, -0.1) is 0 Å². The molecule has 2 nitrogen and oxygen atoms in total. The van der Waals surface area contributed by atoms with E-state index in [1.165, 1.54) is 0 Å². The topological polar surface area (TPSA) is 21.3 Å². The molecule has 0 amide bonds. The molecule has 0 aliphatic rings. The Labute approximate surface area is 136 Å². The minimum absolute atomic E-state index is 0.0140. The van der Waals surface area contributed by atoms with Crippen LogP contribution < -0.4 is 10.1 Å². The molecular weight excluding hydrogens is 305 g/mol. The first-order valence-corrected chi connectivity index (χ1v) is 7.82. The molecule has 0 aromatic heterocycles. The number of hydrogen-bond acceptors (Lipinski definition) is 2. The van der Waals surface area contributed by atoms with E-state index in [2.05, 4.69) is 18.3 Å². The fourth-order valence-electron chi connectivity index (χ4n) is 2.30. The van der Waals surface area contributed by atoms with Crippen molar-refractivity contribution in [2.75, 3.05) is 13.2 Å². The lowest BCUT2D eigenvalue weighted by Crippen LogP contribution is -2.22. The van der Waals surface area contributed by atoms with Gasteiger partial charge >= 0.3 is 0 Å². The first-order valence-electron chi connectivity index (χ1n) is 7.06. The van der Waals surface area contributed by atoms with Crippen LogP contribution in [-0.2, 0) is 0 Å². The van der Waals surface area contributed by atoms with Crippen molar-refractivity contribution in [2.24, 2.45) is 0 Å². The van der Waals surface area contributed by atoms with Crippen LogP contribution in [0.1, 0.15) is 31.0 Å². The fourth-order valence-corrected chi connectivity index (χ4v) is 2.82. The molecule has 2 aromatic rings. The number of rotatable bonds is 6. The summed E-state index contributed by atoms with van der Waals surface area (Å²) in [6.45, 7) is 5.53. The van der Waals surface area contributed by atoms with Gasteiger partial charge in [-0.05, 0) is 48.9 Å². The zero-order valence-corrected chi connectivity index (χ0v) is 13.7. The third-order valence-electron chi connectivity index (χ3n) is 3.18. The van der Waals surface area contributed by atoms with Crippen LogP contribution in [0.2, 0.25) is 10.0 Å². The maximum atomic E-state index is 6.36. The molecule has 0 aliphatic heterocycles. The minimum atomic E-state index is 0.0140. The smallest absolute Gasteiger partial charge is 0.119 e. The van der Waals surface area contributed by atoms with Crippen molar-refractivity contribution in [1.82, 2.24) is 5.32 Å². The van der Waals surface area contributed by atoms with E-state index < -0.39 is 0 Å². The van der Waals surface area contributed by atoms with Crippen molar-refractivity contribution in [2.45, 2.75) is 19.9 Å². The average Bonchev–Trinajstić information content (AvgIpc) is 2.46. The molecule has 0 radical (unpaired) electrons. The molecule has 1 unspecified atom stereocenters. The molecule has 2 aromatic carbocycles. The molecule has 4 heteroatoms. The van der Waals surface area contributed by atoms with Gasteiger partial charge in [0.25, 0.3) is 0 Å². The summed E-state index contributed by atoms with van der Waals surface area (Å²) in [4.78, 5) is 0. The van der Waals surface area contributed by atoms with Crippen molar-refractivity contribution in [3.8, 4) is 5.75 Å². The predicted octanol–water partition coefficient (Wildman–Crippen LogP) is 5.09. The van der Waals surface area contributed by atoms with Gasteiger partial charge in [0.15, 0.2) is 0 Å². The monoisotopic (exact) mass is 323 g/mol. The van der Waals surface area contributed by atoms with Gasteiger partial charge in [-0.25, -0.2) is 0 Å². The van der Waals surface area contributed by atoms with E-state index in [1.807, 2.05) is 37.3 Å². The second-order valence-corrected chi connectivity index (χ2v) is 5.51. The number of ether oxygens (including phenoxy) is 1. The van der Waals surface area contributed by atoms with Crippen LogP contribution in [0.3, 0.4) is 0 Å². The Morgan fingerprint density at radius 1 is 1.10 bits per heavy atom. The third kappa shape index (κ3) is 4.13. The fraction of sp³-hybridized carbons (Fsp3) is 0.294. The van der Waals surface area contributed by atoms with Gasteiger partial charge in [0.1, 0.15) is 5.75 Å². The van der Waals surface area contributed by atoms with Crippen molar-refractivity contribution < 1.29 is 4.74 Å². The molecule has 0 bridgehead atoms. The van der Waals surface area contributed by atoms with Gasteiger partial charge in [0, 0.05) is 10.0 Å². The summed E-state index contributed by atoms with van der Waals surface area (Å²) in [6.07, 6.45) is 0. The summed E-state index contributed by atoms with van der Waals surface area (Å²) < 4.78 is 5.58. The van der Waals surface area contributed by atoms with E-state index in [4.69, 9.17) is 27.9 Å². The Balaban J connectivity index is 2.40. The van der Waals surface area contributed by atoms with E-state index in [0.717, 1.165) is 23.4 Å². The Morgan fingerprint density at radius 3 is 2.57 bits per heavy atom. The van der Waals surface area contributed by atoms with Crippen molar-refractivity contribution in [1.29, 1.82) is 0 Å². The van der Waals surface area contributed by atoms with Crippen LogP contribution in [0, 0.1) is 0 Å². The number of benzene rings is 2. The lowest BCUT2D eigenvalue weighted by atomic mass is 9.98. The molecule has 1 N–H and O–H groups in total.